The molecule has 0 aliphatic rings. The number of allylic oxidation sites excluding steroid dienone is 2. The van der Waals surface area contributed by atoms with Crippen molar-refractivity contribution in [1.82, 2.24) is 0 Å². The van der Waals surface area contributed by atoms with E-state index in [2.05, 4.69) is 6.92 Å². The van der Waals surface area contributed by atoms with E-state index in [9.17, 15) is 13.6 Å². The summed E-state index contributed by atoms with van der Waals surface area (Å²) < 4.78 is 31.6. The van der Waals surface area contributed by atoms with Gasteiger partial charge in [0.05, 0.1) is 0 Å². The maximum Gasteiger partial charge on any atom is 0.328 e. The molecular weight excluding hydrogens is 406 g/mol. The second kappa shape index (κ2) is 10.0. The summed E-state index contributed by atoms with van der Waals surface area (Å²) in [5.41, 5.74) is 3.96. The van der Waals surface area contributed by atoms with Crippen LogP contribution >= 0.6 is 11.3 Å². The first kappa shape index (κ1) is 23.8. The fraction of sp³-hybridized carbons (Fsp3) is 0.375. The second-order valence-electron chi connectivity index (χ2n) is 8.08. The molecule has 0 aliphatic carbocycles. The zero-order chi connectivity index (χ0) is 22.5. The molecule has 162 valence electrons. The van der Waals surface area contributed by atoms with Gasteiger partial charge in [-0.1, -0.05) is 39.8 Å². The first-order chi connectivity index (χ1) is 14.0. The number of halogens is 2. The molecule has 0 fully saturated rings. The molecule has 0 spiro atoms. The molecule has 1 aromatic heterocycles. The summed E-state index contributed by atoms with van der Waals surface area (Å²) in [5, 5.41) is 10.8. The van der Waals surface area contributed by atoms with Gasteiger partial charge in [-0.2, -0.15) is 0 Å². The van der Waals surface area contributed by atoms with Gasteiger partial charge in [-0.15, -0.1) is 11.3 Å². The van der Waals surface area contributed by atoms with E-state index in [4.69, 9.17) is 9.84 Å². The lowest BCUT2D eigenvalue weighted by Gasteiger charge is -2.26. The van der Waals surface area contributed by atoms with E-state index >= 15 is 0 Å². The number of alkyl halides is 2. The van der Waals surface area contributed by atoms with Crippen LogP contribution in [0.3, 0.4) is 0 Å². The van der Waals surface area contributed by atoms with Gasteiger partial charge >= 0.3 is 5.97 Å². The van der Waals surface area contributed by atoms with Gasteiger partial charge in [0, 0.05) is 27.6 Å². The van der Waals surface area contributed by atoms with E-state index in [0.717, 1.165) is 39.6 Å². The number of thiophene rings is 1. The third kappa shape index (κ3) is 6.26. The highest BCUT2D eigenvalue weighted by Gasteiger charge is 2.25. The van der Waals surface area contributed by atoms with Crippen LogP contribution in [0.4, 0.5) is 8.78 Å². The Labute approximate surface area is 180 Å². The van der Waals surface area contributed by atoms with Crippen molar-refractivity contribution in [2.24, 2.45) is 0 Å². The van der Waals surface area contributed by atoms with Gasteiger partial charge in [0.1, 0.15) is 12.4 Å². The smallest absolute Gasteiger partial charge is 0.328 e. The highest BCUT2D eigenvalue weighted by molar-refractivity contribution is 7.11. The number of rotatable bonds is 8. The Morgan fingerprint density at radius 2 is 1.97 bits per heavy atom. The third-order valence-corrected chi connectivity index (χ3v) is 5.43. The second-order valence-corrected chi connectivity index (χ2v) is 9.03. The van der Waals surface area contributed by atoms with Crippen molar-refractivity contribution in [3.8, 4) is 16.9 Å². The van der Waals surface area contributed by atoms with Gasteiger partial charge in [-0.25, -0.2) is 13.6 Å². The van der Waals surface area contributed by atoms with E-state index in [1.54, 1.807) is 13.0 Å². The highest BCUT2D eigenvalue weighted by Crippen LogP contribution is 2.43. The van der Waals surface area contributed by atoms with Crippen LogP contribution in [0, 0.1) is 0 Å². The molecule has 1 N–H and O–H groups in total. The largest absolute Gasteiger partial charge is 0.487 e. The van der Waals surface area contributed by atoms with E-state index in [1.807, 2.05) is 50.4 Å². The van der Waals surface area contributed by atoms with Gasteiger partial charge in [-0.05, 0) is 53.5 Å². The number of ether oxygens (including phenoxy) is 1. The SMILES string of the molecule is CCc1cc(-c2ccsc2/C=C/C(C)=C/C(=O)O)c(OCC(F)F)c(C(C)(C)C)c1. The molecule has 6 heteroatoms. The predicted molar refractivity (Wildman–Crippen MR) is 120 cm³/mol. The Kier molecular flexibility index (Phi) is 7.96. The van der Waals surface area contributed by atoms with Crippen LogP contribution in [0.2, 0.25) is 0 Å². The summed E-state index contributed by atoms with van der Waals surface area (Å²) in [5.74, 6) is -0.525. The van der Waals surface area contributed by atoms with Crippen molar-refractivity contribution in [2.75, 3.05) is 6.61 Å². The van der Waals surface area contributed by atoms with Crippen LogP contribution in [-0.2, 0) is 16.6 Å². The molecule has 0 radical (unpaired) electrons. The maximum atomic E-state index is 13.0. The molecule has 0 aliphatic heterocycles. The number of hydrogen-bond donors (Lipinski definition) is 1. The van der Waals surface area contributed by atoms with Crippen LogP contribution in [0.5, 0.6) is 5.75 Å². The van der Waals surface area contributed by atoms with Gasteiger partial charge in [-0.3, -0.25) is 0 Å². The molecule has 0 bridgehead atoms. The van der Waals surface area contributed by atoms with Gasteiger partial charge in [0.25, 0.3) is 6.43 Å². The van der Waals surface area contributed by atoms with Crippen LogP contribution < -0.4 is 4.74 Å². The quantitative estimate of drug-likeness (QED) is 0.361. The van der Waals surface area contributed by atoms with Crippen LogP contribution in [-0.4, -0.2) is 24.1 Å². The standard InChI is InChI=1S/C24H28F2O3S/c1-6-16-12-18(23(29-14-21(25)26)19(13-16)24(3,4)5)17-9-10-30-20(17)8-7-15(2)11-22(27)28/h7-13,21H,6,14H2,1-5H3,(H,27,28)/b8-7+,15-11+. The Morgan fingerprint density at radius 3 is 2.53 bits per heavy atom. The molecule has 0 amide bonds. The minimum absolute atomic E-state index is 0.287. The topological polar surface area (TPSA) is 46.5 Å². The summed E-state index contributed by atoms with van der Waals surface area (Å²) >= 11 is 1.50. The van der Waals surface area contributed by atoms with Crippen molar-refractivity contribution in [3.05, 3.63) is 57.3 Å². The molecule has 0 saturated heterocycles. The lowest BCUT2D eigenvalue weighted by molar-refractivity contribution is -0.131. The normalized spacial score (nSPS) is 12.7. The minimum Gasteiger partial charge on any atom is -0.487 e. The first-order valence-electron chi connectivity index (χ1n) is 9.78. The molecule has 2 rings (SSSR count). The van der Waals surface area contributed by atoms with Crippen LogP contribution in [0.1, 0.15) is 50.6 Å². The molecule has 30 heavy (non-hydrogen) atoms. The summed E-state index contributed by atoms with van der Waals surface area (Å²) in [7, 11) is 0. The summed E-state index contributed by atoms with van der Waals surface area (Å²) in [6.45, 7) is 9.21. The van der Waals surface area contributed by atoms with Crippen molar-refractivity contribution in [1.29, 1.82) is 0 Å². The number of carboxylic acid groups (broad SMARTS) is 1. The first-order valence-corrected chi connectivity index (χ1v) is 10.7. The monoisotopic (exact) mass is 434 g/mol. The molecule has 0 saturated carbocycles. The van der Waals surface area contributed by atoms with Gasteiger partial charge in [0.2, 0.25) is 0 Å². The lowest BCUT2D eigenvalue weighted by Crippen LogP contribution is -2.17. The average molecular weight is 435 g/mol. The summed E-state index contributed by atoms with van der Waals surface area (Å²) in [4.78, 5) is 11.8. The van der Waals surface area contributed by atoms with Crippen molar-refractivity contribution < 1.29 is 23.4 Å². The molecule has 0 unspecified atom stereocenters. The summed E-state index contributed by atoms with van der Waals surface area (Å²) in [6, 6.07) is 5.97. The highest BCUT2D eigenvalue weighted by atomic mass is 32.1. The maximum absolute atomic E-state index is 13.0. The number of carboxylic acids is 1. The molecule has 1 heterocycles. The van der Waals surface area contributed by atoms with Gasteiger partial charge < -0.3 is 9.84 Å². The van der Waals surface area contributed by atoms with Crippen molar-refractivity contribution in [2.45, 2.75) is 52.9 Å². The van der Waals surface area contributed by atoms with Gasteiger partial charge in [0.15, 0.2) is 0 Å². The lowest BCUT2D eigenvalue weighted by atomic mass is 9.82. The molecule has 2 aromatic rings. The molecule has 0 atom stereocenters. The van der Waals surface area contributed by atoms with E-state index in [0.29, 0.717) is 11.3 Å². The molecule has 1 aromatic carbocycles. The van der Waals surface area contributed by atoms with Crippen molar-refractivity contribution >= 4 is 23.4 Å². The fourth-order valence-corrected chi connectivity index (χ4v) is 3.88. The van der Waals surface area contributed by atoms with Crippen LogP contribution in [0.25, 0.3) is 17.2 Å². The minimum atomic E-state index is -2.57. The van der Waals surface area contributed by atoms with E-state index in [-0.39, 0.29) is 5.41 Å². The van der Waals surface area contributed by atoms with Crippen molar-refractivity contribution in [3.63, 3.8) is 0 Å². The number of aliphatic carboxylic acids is 1. The Balaban J connectivity index is 2.65. The Bertz CT molecular complexity index is 950. The Morgan fingerprint density at radius 1 is 1.27 bits per heavy atom. The zero-order valence-corrected chi connectivity index (χ0v) is 18.8. The zero-order valence-electron chi connectivity index (χ0n) is 18.0. The number of benzene rings is 1. The third-order valence-electron chi connectivity index (χ3n) is 4.55. The van der Waals surface area contributed by atoms with E-state index < -0.39 is 19.0 Å². The average Bonchev–Trinajstić information content (AvgIpc) is 3.11. The predicted octanol–water partition coefficient (Wildman–Crippen LogP) is 6.96. The van der Waals surface area contributed by atoms with E-state index in [1.165, 1.54) is 11.3 Å². The number of aryl methyl sites for hydroxylation is 1. The molecule has 3 nitrogen and oxygen atoms in total. The number of carbonyl (C=O) groups is 1. The Hall–Kier alpha value is -2.47. The molecular formula is C24H28F2O3S. The van der Waals surface area contributed by atoms with Crippen LogP contribution in [0.15, 0.2) is 41.3 Å². The summed E-state index contributed by atoms with van der Waals surface area (Å²) in [6.07, 6.45) is 2.96. The number of hydrogen-bond acceptors (Lipinski definition) is 3. The fourth-order valence-electron chi connectivity index (χ4n) is 3.07.